The van der Waals surface area contributed by atoms with Gasteiger partial charge in [0.25, 0.3) is 0 Å². The highest BCUT2D eigenvalue weighted by Crippen LogP contribution is 2.20. The van der Waals surface area contributed by atoms with Crippen LogP contribution < -0.4 is 10.6 Å². The number of hydrogen-bond donors (Lipinski definition) is 2. The van der Waals surface area contributed by atoms with Crippen molar-refractivity contribution in [2.45, 2.75) is 64.8 Å². The van der Waals surface area contributed by atoms with Gasteiger partial charge >= 0.3 is 0 Å². The minimum Gasteiger partial charge on any atom is -0.326 e. The minimum atomic E-state index is 0.105. The second-order valence-electron chi connectivity index (χ2n) is 6.21. The second kappa shape index (κ2) is 8.18. The highest BCUT2D eigenvalue weighted by Gasteiger charge is 2.12. The Kier molecular flexibility index (Phi) is 6.24. The molecule has 0 aromatic heterocycles. The fourth-order valence-corrected chi connectivity index (χ4v) is 3.09. The summed E-state index contributed by atoms with van der Waals surface area (Å²) in [6, 6.07) is 6.70. The Balaban J connectivity index is 1.74. The number of benzene rings is 1. The molecule has 116 valence electrons. The van der Waals surface area contributed by atoms with Crippen molar-refractivity contribution in [3.8, 4) is 0 Å². The maximum atomic E-state index is 12.1. The standard InChI is InChI=1S/C18H28N2O/c1-14-8-7-9-15(2)18(14)20-17(21)12-13-19-16-10-5-3-4-6-11-16/h7-9,16,19H,3-6,10-13H2,1-2H3,(H,20,21). The van der Waals surface area contributed by atoms with Crippen LogP contribution in [-0.4, -0.2) is 18.5 Å². The SMILES string of the molecule is Cc1cccc(C)c1NC(=O)CCNC1CCCCCC1. The smallest absolute Gasteiger partial charge is 0.225 e. The first-order valence-corrected chi connectivity index (χ1v) is 8.26. The van der Waals surface area contributed by atoms with Gasteiger partial charge in [0, 0.05) is 24.7 Å². The lowest BCUT2D eigenvalue weighted by molar-refractivity contribution is -0.116. The highest BCUT2D eigenvalue weighted by atomic mass is 16.1. The molecule has 1 aliphatic rings. The molecule has 21 heavy (non-hydrogen) atoms. The Morgan fingerprint density at radius 2 is 1.71 bits per heavy atom. The maximum Gasteiger partial charge on any atom is 0.225 e. The van der Waals surface area contributed by atoms with E-state index in [-0.39, 0.29) is 5.91 Å². The van der Waals surface area contributed by atoms with Gasteiger partial charge < -0.3 is 10.6 Å². The predicted molar refractivity (Wildman–Crippen MR) is 88.7 cm³/mol. The van der Waals surface area contributed by atoms with Gasteiger partial charge in [0.1, 0.15) is 0 Å². The summed E-state index contributed by atoms with van der Waals surface area (Å²) in [7, 11) is 0. The summed E-state index contributed by atoms with van der Waals surface area (Å²) in [4.78, 5) is 12.1. The lowest BCUT2D eigenvalue weighted by Crippen LogP contribution is -2.31. The van der Waals surface area contributed by atoms with Crippen LogP contribution in [-0.2, 0) is 4.79 Å². The molecule has 0 aliphatic heterocycles. The van der Waals surface area contributed by atoms with E-state index in [2.05, 4.69) is 10.6 Å². The van der Waals surface area contributed by atoms with Gasteiger partial charge in [-0.1, -0.05) is 43.9 Å². The molecular formula is C18H28N2O. The molecule has 3 nitrogen and oxygen atoms in total. The van der Waals surface area contributed by atoms with E-state index in [1.807, 2.05) is 32.0 Å². The number of anilines is 1. The van der Waals surface area contributed by atoms with Crippen LogP contribution in [0.2, 0.25) is 0 Å². The van der Waals surface area contributed by atoms with Crippen LogP contribution in [0, 0.1) is 13.8 Å². The molecule has 0 heterocycles. The summed E-state index contributed by atoms with van der Waals surface area (Å²) in [5.41, 5.74) is 3.22. The number of hydrogen-bond acceptors (Lipinski definition) is 2. The van der Waals surface area contributed by atoms with Gasteiger partial charge in [0.2, 0.25) is 5.91 Å². The number of amides is 1. The fraction of sp³-hybridized carbons (Fsp3) is 0.611. The lowest BCUT2D eigenvalue weighted by atomic mass is 10.1. The molecule has 2 rings (SSSR count). The molecule has 2 N–H and O–H groups in total. The van der Waals surface area contributed by atoms with E-state index in [1.54, 1.807) is 0 Å². The average Bonchev–Trinajstić information content (AvgIpc) is 2.72. The lowest BCUT2D eigenvalue weighted by Gasteiger charge is -2.16. The zero-order chi connectivity index (χ0) is 15.1. The van der Waals surface area contributed by atoms with E-state index in [1.165, 1.54) is 38.5 Å². The zero-order valence-corrected chi connectivity index (χ0v) is 13.4. The monoisotopic (exact) mass is 288 g/mol. The molecule has 1 aromatic carbocycles. The fourth-order valence-electron chi connectivity index (χ4n) is 3.09. The molecule has 0 radical (unpaired) electrons. The van der Waals surface area contributed by atoms with Crippen LogP contribution >= 0.6 is 0 Å². The van der Waals surface area contributed by atoms with Gasteiger partial charge in [-0.15, -0.1) is 0 Å². The van der Waals surface area contributed by atoms with Gasteiger partial charge in [-0.3, -0.25) is 4.79 Å². The topological polar surface area (TPSA) is 41.1 Å². The molecule has 0 atom stereocenters. The third kappa shape index (κ3) is 5.16. The van der Waals surface area contributed by atoms with Crippen molar-refractivity contribution in [3.05, 3.63) is 29.3 Å². The van der Waals surface area contributed by atoms with Crippen LogP contribution in [0.1, 0.15) is 56.1 Å². The molecule has 0 spiro atoms. The third-order valence-corrected chi connectivity index (χ3v) is 4.39. The first-order valence-electron chi connectivity index (χ1n) is 8.26. The largest absolute Gasteiger partial charge is 0.326 e. The highest BCUT2D eigenvalue weighted by molar-refractivity contribution is 5.92. The Labute approximate surface area is 128 Å². The molecule has 1 aromatic rings. The Morgan fingerprint density at radius 1 is 1.10 bits per heavy atom. The minimum absolute atomic E-state index is 0.105. The van der Waals surface area contributed by atoms with Crippen molar-refractivity contribution in [2.75, 3.05) is 11.9 Å². The maximum absolute atomic E-state index is 12.1. The Hall–Kier alpha value is -1.35. The normalized spacial score (nSPS) is 16.5. The van der Waals surface area contributed by atoms with Crippen molar-refractivity contribution in [3.63, 3.8) is 0 Å². The molecule has 1 aliphatic carbocycles. The summed E-state index contributed by atoms with van der Waals surface area (Å²) >= 11 is 0. The number of carbonyl (C=O) groups is 1. The van der Waals surface area contributed by atoms with Crippen molar-refractivity contribution >= 4 is 11.6 Å². The van der Waals surface area contributed by atoms with E-state index in [4.69, 9.17) is 0 Å². The molecule has 1 amide bonds. The molecule has 0 unspecified atom stereocenters. The van der Waals surface area contributed by atoms with E-state index < -0.39 is 0 Å². The van der Waals surface area contributed by atoms with Crippen molar-refractivity contribution < 1.29 is 4.79 Å². The summed E-state index contributed by atoms with van der Waals surface area (Å²) in [5.74, 6) is 0.105. The van der Waals surface area contributed by atoms with Gasteiger partial charge in [-0.05, 0) is 37.8 Å². The first kappa shape index (κ1) is 16.0. The molecule has 3 heteroatoms. The van der Waals surface area contributed by atoms with Gasteiger partial charge in [0.05, 0.1) is 0 Å². The van der Waals surface area contributed by atoms with Gasteiger partial charge in [-0.2, -0.15) is 0 Å². The van der Waals surface area contributed by atoms with Crippen LogP contribution in [0.4, 0.5) is 5.69 Å². The quantitative estimate of drug-likeness (QED) is 0.806. The first-order chi connectivity index (χ1) is 10.2. The van der Waals surface area contributed by atoms with E-state index in [0.717, 1.165) is 23.4 Å². The number of nitrogens with one attached hydrogen (secondary N) is 2. The molecule has 0 bridgehead atoms. The molecule has 1 saturated carbocycles. The van der Waals surface area contributed by atoms with E-state index >= 15 is 0 Å². The number of aryl methyl sites for hydroxylation is 2. The summed E-state index contributed by atoms with van der Waals surface area (Å²) in [5, 5.41) is 6.60. The zero-order valence-electron chi connectivity index (χ0n) is 13.4. The Bertz CT molecular complexity index is 442. The predicted octanol–water partition coefficient (Wildman–Crippen LogP) is 3.94. The van der Waals surface area contributed by atoms with Gasteiger partial charge in [0.15, 0.2) is 0 Å². The van der Waals surface area contributed by atoms with Crippen molar-refractivity contribution in [2.24, 2.45) is 0 Å². The molecule has 0 saturated heterocycles. The van der Waals surface area contributed by atoms with E-state index in [0.29, 0.717) is 12.5 Å². The van der Waals surface area contributed by atoms with Crippen LogP contribution in [0.3, 0.4) is 0 Å². The molecular weight excluding hydrogens is 260 g/mol. The molecule has 1 fully saturated rings. The van der Waals surface area contributed by atoms with Crippen LogP contribution in [0.25, 0.3) is 0 Å². The number of carbonyl (C=O) groups excluding carboxylic acids is 1. The summed E-state index contributed by atoms with van der Waals surface area (Å²) in [6.45, 7) is 4.85. The number of para-hydroxylation sites is 1. The average molecular weight is 288 g/mol. The van der Waals surface area contributed by atoms with Crippen molar-refractivity contribution in [1.82, 2.24) is 5.32 Å². The van der Waals surface area contributed by atoms with Crippen LogP contribution in [0.15, 0.2) is 18.2 Å². The van der Waals surface area contributed by atoms with Gasteiger partial charge in [-0.25, -0.2) is 0 Å². The van der Waals surface area contributed by atoms with Crippen LogP contribution in [0.5, 0.6) is 0 Å². The summed E-state index contributed by atoms with van der Waals surface area (Å²) < 4.78 is 0. The van der Waals surface area contributed by atoms with Crippen molar-refractivity contribution in [1.29, 1.82) is 0 Å². The Morgan fingerprint density at radius 3 is 2.33 bits per heavy atom. The number of rotatable bonds is 5. The second-order valence-corrected chi connectivity index (χ2v) is 6.21. The van der Waals surface area contributed by atoms with E-state index in [9.17, 15) is 4.79 Å². The third-order valence-electron chi connectivity index (χ3n) is 4.39. The summed E-state index contributed by atoms with van der Waals surface area (Å²) in [6.07, 6.45) is 8.45.